The molecule has 8 heteroatoms. The second-order valence-electron chi connectivity index (χ2n) is 5.99. The maximum absolute atomic E-state index is 12.8. The Labute approximate surface area is 164 Å². The van der Waals surface area contributed by atoms with Crippen molar-refractivity contribution in [2.45, 2.75) is 40.2 Å². The highest BCUT2D eigenvalue weighted by Gasteiger charge is 2.23. The molecule has 0 spiro atoms. The number of carbonyl (C=O) groups is 3. The number of para-hydroxylation sites is 1. The number of carboxylic acid groups (broad SMARTS) is 1. The Morgan fingerprint density at radius 2 is 2.00 bits per heavy atom. The number of aliphatic carboxylic acids is 1. The Kier molecular flexibility index (Phi) is 9.88. The van der Waals surface area contributed by atoms with Gasteiger partial charge in [0.15, 0.2) is 0 Å². The Morgan fingerprint density at radius 3 is 2.56 bits per heavy atom. The smallest absolute Gasteiger partial charge is 0.327 e. The average Bonchev–Trinajstić information content (AvgIpc) is 2.61. The predicted octanol–water partition coefficient (Wildman–Crippen LogP) is 2.21. The largest absolute Gasteiger partial charge is 0.480 e. The van der Waals surface area contributed by atoms with Crippen molar-refractivity contribution in [3.63, 3.8) is 0 Å². The third-order valence-electron chi connectivity index (χ3n) is 3.88. The standard InChI is InChI=1S/C19H28N2O5S/c1-5-15-9-7-8-13(3)18(15)21(12-26-6-2)17(23)11-27-10-16(19(24)25)20-14(4)22/h7-9,16H,5-6,10-12H2,1-4H3,(H,20,22)(H,24,25)/t16-/m0/s1. The molecule has 0 unspecified atom stereocenters. The van der Waals surface area contributed by atoms with Crippen molar-refractivity contribution in [2.24, 2.45) is 0 Å². The van der Waals surface area contributed by atoms with Crippen molar-refractivity contribution >= 4 is 35.2 Å². The Balaban J connectivity index is 2.88. The first kappa shape index (κ1) is 23.0. The first-order valence-electron chi connectivity index (χ1n) is 8.86. The fourth-order valence-corrected chi connectivity index (χ4v) is 3.51. The summed E-state index contributed by atoms with van der Waals surface area (Å²) in [6, 6.07) is 4.87. The summed E-state index contributed by atoms with van der Waals surface area (Å²) in [5.74, 6) is -1.50. The van der Waals surface area contributed by atoms with Crippen molar-refractivity contribution < 1.29 is 24.2 Å². The zero-order valence-corrected chi connectivity index (χ0v) is 17.1. The molecule has 1 aromatic rings. The van der Waals surface area contributed by atoms with Gasteiger partial charge in [0.1, 0.15) is 12.8 Å². The molecule has 150 valence electrons. The van der Waals surface area contributed by atoms with Gasteiger partial charge in [0, 0.05) is 19.3 Å². The molecule has 0 aliphatic heterocycles. The minimum atomic E-state index is -1.12. The van der Waals surface area contributed by atoms with E-state index in [1.165, 1.54) is 18.7 Å². The summed E-state index contributed by atoms with van der Waals surface area (Å²) in [4.78, 5) is 36.7. The highest BCUT2D eigenvalue weighted by molar-refractivity contribution is 8.00. The van der Waals surface area contributed by atoms with E-state index in [1.807, 2.05) is 39.0 Å². The number of hydrogen-bond acceptors (Lipinski definition) is 5. The fraction of sp³-hybridized carbons (Fsp3) is 0.526. The number of nitrogens with zero attached hydrogens (tertiary/aromatic N) is 1. The highest BCUT2D eigenvalue weighted by Crippen LogP contribution is 2.26. The van der Waals surface area contributed by atoms with Crippen LogP contribution < -0.4 is 10.2 Å². The third-order valence-corrected chi connectivity index (χ3v) is 4.90. The fourth-order valence-electron chi connectivity index (χ4n) is 2.60. The van der Waals surface area contributed by atoms with Crippen LogP contribution in [0, 0.1) is 6.92 Å². The summed E-state index contributed by atoms with van der Waals surface area (Å²) in [5, 5.41) is 11.5. The number of rotatable bonds is 11. The summed E-state index contributed by atoms with van der Waals surface area (Å²) in [5.41, 5.74) is 2.87. The molecule has 1 atom stereocenters. The van der Waals surface area contributed by atoms with E-state index in [-0.39, 0.29) is 24.1 Å². The molecule has 0 aliphatic rings. The van der Waals surface area contributed by atoms with Gasteiger partial charge in [-0.25, -0.2) is 4.79 Å². The molecule has 1 aromatic carbocycles. The van der Waals surface area contributed by atoms with Crippen molar-refractivity contribution in [1.29, 1.82) is 0 Å². The number of amides is 2. The van der Waals surface area contributed by atoms with E-state index in [0.717, 1.165) is 23.2 Å². The van der Waals surface area contributed by atoms with E-state index in [1.54, 1.807) is 4.90 Å². The molecule has 1 rings (SSSR count). The molecule has 0 aliphatic carbocycles. The van der Waals surface area contributed by atoms with Gasteiger partial charge in [-0.1, -0.05) is 25.1 Å². The normalized spacial score (nSPS) is 11.7. The Morgan fingerprint density at radius 1 is 1.30 bits per heavy atom. The molecule has 0 saturated carbocycles. The summed E-state index contributed by atoms with van der Waals surface area (Å²) in [6.07, 6.45) is 0.781. The van der Waals surface area contributed by atoms with Gasteiger partial charge in [-0.05, 0) is 31.4 Å². The molecule has 2 N–H and O–H groups in total. The molecule has 0 aromatic heterocycles. The summed E-state index contributed by atoms with van der Waals surface area (Å²) in [6.45, 7) is 7.73. The lowest BCUT2D eigenvalue weighted by molar-refractivity contribution is -0.140. The number of ether oxygens (including phenoxy) is 1. The van der Waals surface area contributed by atoms with Crippen LogP contribution in [0.4, 0.5) is 5.69 Å². The van der Waals surface area contributed by atoms with Crippen LogP contribution in [-0.4, -0.2) is 53.8 Å². The van der Waals surface area contributed by atoms with Gasteiger partial charge < -0.3 is 15.2 Å². The minimum absolute atomic E-state index is 0.0912. The molecule has 27 heavy (non-hydrogen) atoms. The number of nitrogens with one attached hydrogen (secondary N) is 1. The van der Waals surface area contributed by atoms with Gasteiger partial charge in [0.25, 0.3) is 0 Å². The number of thioether (sulfide) groups is 1. The molecule has 0 radical (unpaired) electrons. The Hall–Kier alpha value is -2.06. The number of anilines is 1. The van der Waals surface area contributed by atoms with Crippen LogP contribution in [-0.2, 0) is 25.5 Å². The lowest BCUT2D eigenvalue weighted by atomic mass is 10.0. The monoisotopic (exact) mass is 396 g/mol. The van der Waals surface area contributed by atoms with Gasteiger partial charge in [-0.2, -0.15) is 0 Å². The van der Waals surface area contributed by atoms with Crippen molar-refractivity contribution in [3.05, 3.63) is 29.3 Å². The molecule has 0 heterocycles. The maximum Gasteiger partial charge on any atom is 0.327 e. The first-order valence-corrected chi connectivity index (χ1v) is 10.0. The van der Waals surface area contributed by atoms with Gasteiger partial charge in [-0.3, -0.25) is 14.5 Å². The highest BCUT2D eigenvalue weighted by atomic mass is 32.2. The molecule has 7 nitrogen and oxygen atoms in total. The van der Waals surface area contributed by atoms with Gasteiger partial charge in [0.05, 0.1) is 11.4 Å². The summed E-state index contributed by atoms with van der Waals surface area (Å²) < 4.78 is 5.49. The number of carbonyl (C=O) groups excluding carboxylic acids is 2. The first-order chi connectivity index (χ1) is 12.8. The third kappa shape index (κ3) is 7.22. The number of hydrogen-bond donors (Lipinski definition) is 2. The number of aryl methyl sites for hydroxylation is 2. The van der Waals surface area contributed by atoms with Gasteiger partial charge in [0.2, 0.25) is 11.8 Å². The van der Waals surface area contributed by atoms with Crippen molar-refractivity contribution in [3.8, 4) is 0 Å². The van der Waals surface area contributed by atoms with Crippen LogP contribution in [0.1, 0.15) is 31.9 Å². The molecule has 0 bridgehead atoms. The van der Waals surface area contributed by atoms with Crippen LogP contribution >= 0.6 is 11.8 Å². The van der Waals surface area contributed by atoms with Crippen molar-refractivity contribution in [1.82, 2.24) is 5.32 Å². The zero-order valence-electron chi connectivity index (χ0n) is 16.3. The molecular weight excluding hydrogens is 368 g/mol. The molecule has 2 amide bonds. The number of carboxylic acids is 1. The van der Waals surface area contributed by atoms with Crippen LogP contribution in [0.2, 0.25) is 0 Å². The minimum Gasteiger partial charge on any atom is -0.480 e. The van der Waals surface area contributed by atoms with Crippen molar-refractivity contribution in [2.75, 3.05) is 29.7 Å². The second kappa shape index (κ2) is 11.6. The zero-order chi connectivity index (χ0) is 20.4. The maximum atomic E-state index is 12.8. The van der Waals surface area contributed by atoms with Crippen LogP contribution in [0.25, 0.3) is 0 Å². The predicted molar refractivity (Wildman–Crippen MR) is 107 cm³/mol. The van der Waals surface area contributed by atoms with Gasteiger partial charge >= 0.3 is 5.97 Å². The molecule has 0 saturated heterocycles. The molecular formula is C19H28N2O5S. The van der Waals surface area contributed by atoms with Crippen LogP contribution in [0.3, 0.4) is 0 Å². The summed E-state index contributed by atoms with van der Waals surface area (Å²) >= 11 is 1.17. The topological polar surface area (TPSA) is 95.9 Å². The van der Waals surface area contributed by atoms with Gasteiger partial charge in [-0.15, -0.1) is 11.8 Å². The van der Waals surface area contributed by atoms with E-state index in [2.05, 4.69) is 5.32 Å². The molecule has 0 fully saturated rings. The second-order valence-corrected chi connectivity index (χ2v) is 7.02. The van der Waals surface area contributed by atoms with Crippen LogP contribution in [0.5, 0.6) is 0 Å². The van der Waals surface area contributed by atoms with E-state index >= 15 is 0 Å². The van der Waals surface area contributed by atoms with Crippen LogP contribution in [0.15, 0.2) is 18.2 Å². The van der Waals surface area contributed by atoms with E-state index < -0.39 is 17.9 Å². The van der Waals surface area contributed by atoms with E-state index in [4.69, 9.17) is 9.84 Å². The Bertz CT molecular complexity index is 666. The SMILES string of the molecule is CCOCN(C(=O)CSC[C@H](NC(C)=O)C(=O)O)c1c(C)cccc1CC. The van der Waals surface area contributed by atoms with E-state index in [0.29, 0.717) is 6.61 Å². The lowest BCUT2D eigenvalue weighted by Gasteiger charge is -2.26. The number of benzene rings is 1. The lowest BCUT2D eigenvalue weighted by Crippen LogP contribution is -2.42. The average molecular weight is 397 g/mol. The summed E-state index contributed by atoms with van der Waals surface area (Å²) in [7, 11) is 0. The quantitative estimate of drug-likeness (QED) is 0.557. The van der Waals surface area contributed by atoms with E-state index in [9.17, 15) is 14.4 Å².